The molecule has 0 unspecified atom stereocenters. The minimum Gasteiger partial charge on any atom is -0.314 e. The summed E-state index contributed by atoms with van der Waals surface area (Å²) < 4.78 is 14.6. The van der Waals surface area contributed by atoms with Gasteiger partial charge < -0.3 is 9.05 Å². The molecular formula is C22H30N3O6P. The Kier molecular flexibility index (Phi) is 9.21. The van der Waals surface area contributed by atoms with Crippen molar-refractivity contribution in [3.05, 3.63) is 79.9 Å². The van der Waals surface area contributed by atoms with Crippen LogP contribution < -0.4 is 0 Å². The lowest BCUT2D eigenvalue weighted by Crippen LogP contribution is -2.34. The third kappa shape index (κ3) is 6.29. The van der Waals surface area contributed by atoms with E-state index in [4.69, 9.17) is 9.05 Å². The average Bonchev–Trinajstić information content (AvgIpc) is 2.72. The zero-order valence-corrected chi connectivity index (χ0v) is 20.1. The van der Waals surface area contributed by atoms with E-state index >= 15 is 0 Å². The van der Waals surface area contributed by atoms with E-state index in [1.807, 2.05) is 32.4 Å². The van der Waals surface area contributed by atoms with Crippen LogP contribution in [0.4, 0.5) is 11.4 Å². The Hall–Kier alpha value is -2.45. The molecule has 0 saturated heterocycles. The molecule has 0 aromatic heterocycles. The van der Waals surface area contributed by atoms with Crippen LogP contribution in [0.1, 0.15) is 64.9 Å². The SMILES string of the molecule is CC(C)N(C(C)C)P(O[C@@H](C)c1ccccc1[N+](=O)[O-])O[C@@H](C)c1ccccc1[N+](=O)[O-]. The van der Waals surface area contributed by atoms with Gasteiger partial charge in [-0.2, -0.15) is 0 Å². The summed E-state index contributed by atoms with van der Waals surface area (Å²) in [7, 11) is -1.70. The standard InChI is InChI=1S/C22H30N3O6P/c1-15(2)23(16(3)4)32(30-17(5)19-11-7-9-13-21(19)24(26)27)31-18(6)20-12-8-10-14-22(20)25(28)29/h7-18H,1-6H3/t17-,18-/m0/s1. The lowest BCUT2D eigenvalue weighted by Gasteiger charge is -2.38. The number of para-hydroxylation sites is 2. The Morgan fingerprint density at radius 2 is 1.06 bits per heavy atom. The van der Waals surface area contributed by atoms with Crippen LogP contribution in [0.15, 0.2) is 48.5 Å². The molecule has 0 heterocycles. The van der Waals surface area contributed by atoms with E-state index in [2.05, 4.69) is 0 Å². The van der Waals surface area contributed by atoms with Crippen LogP contribution in [0.5, 0.6) is 0 Å². The number of nitro benzene ring substituents is 2. The van der Waals surface area contributed by atoms with Gasteiger partial charge in [0.1, 0.15) is 0 Å². The van der Waals surface area contributed by atoms with Crippen LogP contribution in [0, 0.1) is 20.2 Å². The van der Waals surface area contributed by atoms with E-state index in [0.29, 0.717) is 11.1 Å². The van der Waals surface area contributed by atoms with Crippen molar-refractivity contribution in [3.8, 4) is 0 Å². The summed E-state index contributed by atoms with van der Waals surface area (Å²) in [5.41, 5.74) is 0.837. The molecule has 10 heteroatoms. The molecule has 0 fully saturated rings. The van der Waals surface area contributed by atoms with Crippen molar-refractivity contribution in [2.24, 2.45) is 0 Å². The van der Waals surface area contributed by atoms with Crippen molar-refractivity contribution in [1.29, 1.82) is 0 Å². The normalized spacial score (nSPS) is 13.7. The van der Waals surface area contributed by atoms with Gasteiger partial charge in [-0.15, -0.1) is 0 Å². The molecule has 32 heavy (non-hydrogen) atoms. The maximum absolute atomic E-state index is 11.5. The fourth-order valence-electron chi connectivity index (χ4n) is 3.49. The topological polar surface area (TPSA) is 108 Å². The fourth-order valence-corrected chi connectivity index (χ4v) is 5.28. The van der Waals surface area contributed by atoms with Crippen molar-refractivity contribution < 1.29 is 18.9 Å². The lowest BCUT2D eigenvalue weighted by atomic mass is 10.1. The number of benzene rings is 2. The Balaban J connectivity index is 2.39. The largest absolute Gasteiger partial charge is 0.314 e. The van der Waals surface area contributed by atoms with Crippen molar-refractivity contribution in [1.82, 2.24) is 4.67 Å². The smallest absolute Gasteiger partial charge is 0.275 e. The van der Waals surface area contributed by atoms with Crippen LogP contribution in [0.25, 0.3) is 0 Å². The first-order valence-corrected chi connectivity index (χ1v) is 11.6. The first-order chi connectivity index (χ1) is 15.0. The van der Waals surface area contributed by atoms with Crippen molar-refractivity contribution >= 4 is 19.9 Å². The summed E-state index contributed by atoms with van der Waals surface area (Å²) in [6.45, 7) is 11.5. The van der Waals surface area contributed by atoms with Crippen LogP contribution >= 0.6 is 8.53 Å². The van der Waals surface area contributed by atoms with Gasteiger partial charge in [0.25, 0.3) is 19.9 Å². The second-order valence-electron chi connectivity index (χ2n) is 7.93. The summed E-state index contributed by atoms with van der Waals surface area (Å²) >= 11 is 0. The molecule has 2 atom stereocenters. The van der Waals surface area contributed by atoms with Crippen molar-refractivity contribution in [2.75, 3.05) is 0 Å². The number of nitrogens with zero attached hydrogens (tertiary/aromatic N) is 3. The molecule has 0 amide bonds. The third-order valence-electron chi connectivity index (χ3n) is 4.89. The molecule has 0 N–H and O–H groups in total. The molecule has 2 aromatic rings. The molecule has 0 saturated carbocycles. The van der Waals surface area contributed by atoms with Crippen LogP contribution in [-0.4, -0.2) is 26.6 Å². The second kappa shape index (κ2) is 11.4. The molecule has 0 aliphatic heterocycles. The van der Waals surface area contributed by atoms with Gasteiger partial charge in [-0.25, -0.2) is 4.67 Å². The first-order valence-electron chi connectivity index (χ1n) is 10.4. The Bertz CT molecular complexity index is 866. The van der Waals surface area contributed by atoms with Crippen LogP contribution in [0.2, 0.25) is 0 Å². The Labute approximate surface area is 189 Å². The third-order valence-corrected chi connectivity index (χ3v) is 7.18. The quantitative estimate of drug-likeness (QED) is 0.207. The van der Waals surface area contributed by atoms with Gasteiger partial charge in [0.2, 0.25) is 0 Å². The van der Waals surface area contributed by atoms with Crippen LogP contribution in [0.3, 0.4) is 0 Å². The molecule has 2 rings (SSSR count). The van der Waals surface area contributed by atoms with Gasteiger partial charge in [-0.05, 0) is 53.7 Å². The summed E-state index contributed by atoms with van der Waals surface area (Å²) in [6.07, 6.45) is -1.25. The minimum absolute atomic E-state index is 0.0256. The van der Waals surface area contributed by atoms with Gasteiger partial charge in [0.05, 0.1) is 33.2 Å². The highest BCUT2D eigenvalue weighted by Crippen LogP contribution is 2.53. The predicted molar refractivity (Wildman–Crippen MR) is 124 cm³/mol. The number of hydrogen-bond acceptors (Lipinski definition) is 7. The van der Waals surface area contributed by atoms with Gasteiger partial charge in [-0.3, -0.25) is 20.2 Å². The zero-order valence-electron chi connectivity index (χ0n) is 19.2. The molecule has 174 valence electrons. The maximum Gasteiger partial charge on any atom is 0.275 e. The molecule has 0 aliphatic rings. The van der Waals surface area contributed by atoms with E-state index in [0.717, 1.165) is 0 Å². The predicted octanol–water partition coefficient (Wildman–Crippen LogP) is 6.70. The lowest BCUT2D eigenvalue weighted by molar-refractivity contribution is -0.386. The average molecular weight is 463 g/mol. The highest BCUT2D eigenvalue weighted by atomic mass is 31.2. The summed E-state index contributed by atoms with van der Waals surface area (Å²) in [5, 5.41) is 23.0. The Morgan fingerprint density at radius 1 is 0.719 bits per heavy atom. The minimum atomic E-state index is -1.70. The molecule has 2 aromatic carbocycles. The fraction of sp³-hybridized carbons (Fsp3) is 0.455. The van der Waals surface area contributed by atoms with Crippen molar-refractivity contribution in [3.63, 3.8) is 0 Å². The van der Waals surface area contributed by atoms with Gasteiger partial charge >= 0.3 is 0 Å². The highest BCUT2D eigenvalue weighted by Gasteiger charge is 2.33. The summed E-state index contributed by atoms with van der Waals surface area (Å²) in [5.74, 6) is 0. The van der Waals surface area contributed by atoms with Gasteiger partial charge in [0, 0.05) is 24.2 Å². The number of rotatable bonds is 11. The van der Waals surface area contributed by atoms with E-state index in [1.165, 1.54) is 12.1 Å². The van der Waals surface area contributed by atoms with E-state index in [1.54, 1.807) is 50.2 Å². The number of hydrogen-bond donors (Lipinski definition) is 0. The molecule has 0 bridgehead atoms. The van der Waals surface area contributed by atoms with Gasteiger partial charge in [0.15, 0.2) is 0 Å². The van der Waals surface area contributed by atoms with E-state index < -0.39 is 30.6 Å². The van der Waals surface area contributed by atoms with Crippen LogP contribution in [-0.2, 0) is 9.05 Å². The molecule has 0 aliphatic carbocycles. The maximum atomic E-state index is 11.5. The molecule has 0 spiro atoms. The highest BCUT2D eigenvalue weighted by molar-refractivity contribution is 7.44. The van der Waals surface area contributed by atoms with Gasteiger partial charge in [-0.1, -0.05) is 24.3 Å². The zero-order chi connectivity index (χ0) is 24.0. The van der Waals surface area contributed by atoms with Crippen molar-refractivity contribution in [2.45, 2.75) is 65.8 Å². The molecule has 9 nitrogen and oxygen atoms in total. The van der Waals surface area contributed by atoms with E-state index in [9.17, 15) is 20.2 Å². The van der Waals surface area contributed by atoms with E-state index in [-0.39, 0.29) is 23.5 Å². The first kappa shape index (κ1) is 25.8. The molecular weight excluding hydrogens is 433 g/mol. The summed E-state index contributed by atoms with van der Waals surface area (Å²) in [6, 6.07) is 13.0. The number of nitro groups is 2. The summed E-state index contributed by atoms with van der Waals surface area (Å²) in [4.78, 5) is 22.1. The second-order valence-corrected chi connectivity index (χ2v) is 9.29. The molecule has 0 radical (unpaired) electrons. The monoisotopic (exact) mass is 463 g/mol. The Morgan fingerprint density at radius 3 is 1.38 bits per heavy atom.